The van der Waals surface area contributed by atoms with E-state index in [-0.39, 0.29) is 18.9 Å². The summed E-state index contributed by atoms with van der Waals surface area (Å²) in [4.78, 5) is 28.3. The number of aryl methyl sites for hydroxylation is 3. The first-order chi connectivity index (χ1) is 14.3. The molecule has 162 valence electrons. The summed E-state index contributed by atoms with van der Waals surface area (Å²) in [6.45, 7) is 7.37. The number of nitrogens with one attached hydrogen (secondary N) is 1. The van der Waals surface area contributed by atoms with Gasteiger partial charge in [0, 0.05) is 24.9 Å². The Morgan fingerprint density at radius 2 is 1.87 bits per heavy atom. The van der Waals surface area contributed by atoms with Crippen LogP contribution < -0.4 is 20.3 Å². The molecule has 3 rings (SSSR count). The molecule has 31 heavy (non-hydrogen) atoms. The third kappa shape index (κ3) is 5.01. The van der Waals surface area contributed by atoms with E-state index in [1.165, 1.54) is 30.0 Å². The Bertz CT molecular complexity index is 1160. The third-order valence-electron chi connectivity index (χ3n) is 4.61. The van der Waals surface area contributed by atoms with Crippen molar-refractivity contribution in [2.24, 2.45) is 7.05 Å². The Morgan fingerprint density at radius 1 is 1.19 bits per heavy atom. The zero-order chi connectivity index (χ0) is 21.8. The van der Waals surface area contributed by atoms with Gasteiger partial charge in [0.2, 0.25) is 11.8 Å². The molecular formula is C24H27N3O4. The minimum absolute atomic E-state index is 0. The zero-order valence-corrected chi connectivity index (χ0v) is 17.4. The first-order valence-electron chi connectivity index (χ1n) is 9.26. The molecule has 1 aromatic carbocycles. The molecule has 0 aliphatic carbocycles. The van der Waals surface area contributed by atoms with E-state index in [2.05, 4.69) is 16.9 Å². The highest BCUT2D eigenvalue weighted by molar-refractivity contribution is 5.99. The number of anilines is 1. The van der Waals surface area contributed by atoms with Crippen molar-refractivity contribution in [1.29, 1.82) is 0 Å². The van der Waals surface area contributed by atoms with Crippen molar-refractivity contribution in [3.05, 3.63) is 76.9 Å². The number of aromatic nitrogens is 2. The molecule has 0 fully saturated rings. The van der Waals surface area contributed by atoms with Crippen LogP contribution in [-0.2, 0) is 11.8 Å². The fraction of sp³-hybridized carbons (Fsp3) is 0.208. The van der Waals surface area contributed by atoms with Crippen molar-refractivity contribution in [2.45, 2.75) is 21.3 Å². The van der Waals surface area contributed by atoms with Crippen LogP contribution in [0, 0.1) is 13.8 Å². The predicted octanol–water partition coefficient (Wildman–Crippen LogP) is 4.63. The maximum atomic E-state index is 12.1. The Kier molecular flexibility index (Phi) is 7.37. The van der Waals surface area contributed by atoms with Gasteiger partial charge in [0.1, 0.15) is 11.5 Å². The van der Waals surface area contributed by atoms with Gasteiger partial charge in [-0.2, -0.15) is 0 Å². The molecule has 0 radical (unpaired) electrons. The highest BCUT2D eigenvalue weighted by atomic mass is 16.5. The topological polar surface area (TPSA) is 82.5 Å². The number of nitrogens with zero attached hydrogens (tertiary/aromatic N) is 2. The van der Waals surface area contributed by atoms with Crippen molar-refractivity contribution in [3.63, 3.8) is 0 Å². The number of hydrogen-bond acceptors (Lipinski definition) is 5. The van der Waals surface area contributed by atoms with Gasteiger partial charge in [-0.25, -0.2) is 4.98 Å². The maximum absolute atomic E-state index is 12.1. The molecule has 3 aromatic rings. The van der Waals surface area contributed by atoms with Crippen molar-refractivity contribution < 1.29 is 14.3 Å². The first kappa shape index (κ1) is 23.4. The van der Waals surface area contributed by atoms with Gasteiger partial charge in [-0.15, -0.1) is 0 Å². The quantitative estimate of drug-likeness (QED) is 0.587. The van der Waals surface area contributed by atoms with Crippen LogP contribution in [0.4, 0.5) is 5.69 Å². The second-order valence-electron chi connectivity index (χ2n) is 6.80. The van der Waals surface area contributed by atoms with Gasteiger partial charge in [-0.1, -0.05) is 32.2 Å². The van der Waals surface area contributed by atoms with Crippen LogP contribution in [-0.4, -0.2) is 22.6 Å². The van der Waals surface area contributed by atoms with Gasteiger partial charge < -0.3 is 19.4 Å². The lowest BCUT2D eigenvalue weighted by Gasteiger charge is -2.17. The lowest BCUT2D eigenvalue weighted by molar-refractivity contribution is -0.111. The summed E-state index contributed by atoms with van der Waals surface area (Å²) in [6, 6.07) is 8.98. The van der Waals surface area contributed by atoms with Crippen molar-refractivity contribution in [3.8, 4) is 28.5 Å². The lowest BCUT2D eigenvalue weighted by atomic mass is 10.1. The number of methoxy groups -OCH3 is 1. The molecule has 1 amide bonds. The number of carbonyl (C=O) groups excluding carboxylic acids is 1. The summed E-state index contributed by atoms with van der Waals surface area (Å²) >= 11 is 0. The van der Waals surface area contributed by atoms with Crippen molar-refractivity contribution in [2.75, 3.05) is 12.4 Å². The lowest BCUT2D eigenvalue weighted by Crippen LogP contribution is -2.15. The summed E-state index contributed by atoms with van der Waals surface area (Å²) in [7, 11) is 3.13. The molecule has 0 spiro atoms. The van der Waals surface area contributed by atoms with Crippen LogP contribution in [0.1, 0.15) is 18.6 Å². The summed E-state index contributed by atoms with van der Waals surface area (Å²) in [6.07, 6.45) is 4.32. The van der Waals surface area contributed by atoms with Gasteiger partial charge in [-0.3, -0.25) is 9.59 Å². The molecule has 1 N–H and O–H groups in total. The molecule has 0 atom stereocenters. The van der Waals surface area contributed by atoms with Gasteiger partial charge in [-0.05, 0) is 37.1 Å². The van der Waals surface area contributed by atoms with Gasteiger partial charge >= 0.3 is 0 Å². The van der Waals surface area contributed by atoms with E-state index in [1.807, 2.05) is 32.0 Å². The minimum atomic E-state index is -0.362. The number of pyridine rings is 2. The van der Waals surface area contributed by atoms with E-state index in [0.717, 1.165) is 11.1 Å². The Morgan fingerprint density at radius 3 is 2.48 bits per heavy atom. The SMILES string of the molecule is C.C=CC(=O)Nc1cnc(Oc2c(C)cccc2C)c(-c2cn(C)c(=O)cc2OC)c1. The van der Waals surface area contributed by atoms with E-state index in [9.17, 15) is 9.59 Å². The number of para-hydroxylation sites is 1. The molecule has 0 saturated heterocycles. The molecule has 0 aliphatic heterocycles. The molecule has 0 unspecified atom stereocenters. The number of carbonyl (C=O) groups is 1. The number of hydrogen-bond donors (Lipinski definition) is 1. The Hall–Kier alpha value is -3.87. The summed E-state index contributed by atoms with van der Waals surface area (Å²) < 4.78 is 13.1. The van der Waals surface area contributed by atoms with E-state index >= 15 is 0 Å². The van der Waals surface area contributed by atoms with E-state index < -0.39 is 0 Å². The predicted molar refractivity (Wildman–Crippen MR) is 123 cm³/mol. The first-order valence-corrected chi connectivity index (χ1v) is 9.26. The van der Waals surface area contributed by atoms with Crippen LogP contribution in [0.2, 0.25) is 0 Å². The molecule has 0 saturated carbocycles. The number of rotatable bonds is 6. The van der Waals surface area contributed by atoms with Gasteiger partial charge in [0.05, 0.1) is 24.6 Å². The normalized spacial score (nSPS) is 10.1. The van der Waals surface area contributed by atoms with Gasteiger partial charge in [0.25, 0.3) is 5.56 Å². The fourth-order valence-corrected chi connectivity index (χ4v) is 3.03. The van der Waals surface area contributed by atoms with Crippen LogP contribution in [0.5, 0.6) is 17.4 Å². The monoisotopic (exact) mass is 421 g/mol. The van der Waals surface area contributed by atoms with E-state index in [1.54, 1.807) is 19.3 Å². The Labute approximate surface area is 182 Å². The van der Waals surface area contributed by atoms with Crippen molar-refractivity contribution in [1.82, 2.24) is 9.55 Å². The number of amides is 1. The minimum Gasteiger partial charge on any atom is -0.496 e. The summed E-state index contributed by atoms with van der Waals surface area (Å²) in [5, 5.41) is 2.69. The second-order valence-corrected chi connectivity index (χ2v) is 6.80. The van der Waals surface area contributed by atoms with Crippen LogP contribution in [0.15, 0.2) is 60.2 Å². The molecule has 0 aliphatic rings. The number of benzene rings is 1. The molecule has 2 aromatic heterocycles. The largest absolute Gasteiger partial charge is 0.496 e. The van der Waals surface area contributed by atoms with Crippen LogP contribution in [0.3, 0.4) is 0 Å². The summed E-state index contributed by atoms with van der Waals surface area (Å²) in [5.74, 6) is 1.02. The zero-order valence-electron chi connectivity index (χ0n) is 17.4. The van der Waals surface area contributed by atoms with E-state index in [0.29, 0.717) is 34.2 Å². The fourth-order valence-electron chi connectivity index (χ4n) is 3.03. The van der Waals surface area contributed by atoms with Crippen LogP contribution in [0.25, 0.3) is 11.1 Å². The maximum Gasteiger partial charge on any atom is 0.254 e. The molecule has 2 heterocycles. The number of ether oxygens (including phenoxy) is 2. The van der Waals surface area contributed by atoms with Crippen LogP contribution >= 0.6 is 0 Å². The molecule has 7 heteroatoms. The molecule has 7 nitrogen and oxygen atoms in total. The van der Waals surface area contributed by atoms with Gasteiger partial charge in [0.15, 0.2) is 0 Å². The van der Waals surface area contributed by atoms with Crippen molar-refractivity contribution >= 4 is 11.6 Å². The molecule has 0 bridgehead atoms. The Balaban J connectivity index is 0.00000341. The highest BCUT2D eigenvalue weighted by Gasteiger charge is 2.18. The highest BCUT2D eigenvalue weighted by Crippen LogP contribution is 2.39. The third-order valence-corrected chi connectivity index (χ3v) is 4.61. The van der Waals surface area contributed by atoms with E-state index in [4.69, 9.17) is 9.47 Å². The molecular weight excluding hydrogens is 394 g/mol. The smallest absolute Gasteiger partial charge is 0.254 e. The second kappa shape index (κ2) is 9.75. The average molecular weight is 421 g/mol. The summed E-state index contributed by atoms with van der Waals surface area (Å²) in [5.41, 5.74) is 3.32. The average Bonchev–Trinajstić information content (AvgIpc) is 2.73. The standard InChI is InChI=1S/C23H23N3O4.CH4/c1-6-20(27)25-16-10-17(18-13-26(4)21(28)11-19(18)29-5)23(24-12-16)30-22-14(2)8-7-9-15(22)3;/h6-13H,1H2,2-5H3,(H,25,27);1H4.